The van der Waals surface area contributed by atoms with E-state index in [1.165, 1.54) is 0 Å². The zero-order valence-electron chi connectivity index (χ0n) is 10.5. The van der Waals surface area contributed by atoms with Gasteiger partial charge in [0.15, 0.2) is 0 Å². The molecule has 18 heavy (non-hydrogen) atoms. The van der Waals surface area contributed by atoms with Crippen molar-refractivity contribution in [1.82, 2.24) is 5.32 Å². The van der Waals surface area contributed by atoms with Gasteiger partial charge in [-0.3, -0.25) is 4.79 Å². The maximum absolute atomic E-state index is 12.1. The number of amides is 1. The summed E-state index contributed by atoms with van der Waals surface area (Å²) in [5.41, 5.74) is 1.47. The fourth-order valence-electron chi connectivity index (χ4n) is 1.68. The Bertz CT molecular complexity index is 404. The molecule has 0 heterocycles. The van der Waals surface area contributed by atoms with Gasteiger partial charge in [-0.05, 0) is 37.1 Å². The van der Waals surface area contributed by atoms with Crippen LogP contribution in [0, 0.1) is 6.92 Å². The molecule has 0 spiro atoms. The monoisotopic (exact) mass is 289 g/mol. The van der Waals surface area contributed by atoms with E-state index in [0.717, 1.165) is 5.56 Å². The molecule has 1 N–H and O–H groups in total. The molecule has 0 aliphatic heterocycles. The quantitative estimate of drug-likeness (QED) is 0.818. The van der Waals surface area contributed by atoms with Crippen LogP contribution in [0.3, 0.4) is 0 Å². The van der Waals surface area contributed by atoms with Crippen molar-refractivity contribution in [2.75, 3.05) is 19.6 Å². The van der Waals surface area contributed by atoms with E-state index in [1.54, 1.807) is 25.3 Å². The summed E-state index contributed by atoms with van der Waals surface area (Å²) >= 11 is 11.5. The second kappa shape index (κ2) is 7.62. The molecule has 3 nitrogen and oxygen atoms in total. The minimum Gasteiger partial charge on any atom is -0.383 e. The Labute approximate surface area is 117 Å². The number of methoxy groups -OCH3 is 1. The molecule has 1 rings (SSSR count). The molecular weight excluding hydrogens is 273 g/mol. The first-order valence-electron chi connectivity index (χ1n) is 5.70. The van der Waals surface area contributed by atoms with E-state index in [1.807, 2.05) is 6.92 Å². The van der Waals surface area contributed by atoms with Gasteiger partial charge in [-0.25, -0.2) is 0 Å². The maximum Gasteiger partial charge on any atom is 0.251 e. The largest absolute Gasteiger partial charge is 0.383 e. The van der Waals surface area contributed by atoms with Crippen molar-refractivity contribution >= 4 is 29.1 Å². The van der Waals surface area contributed by atoms with Crippen molar-refractivity contribution in [1.29, 1.82) is 0 Å². The number of carbonyl (C=O) groups excluding carboxylic acids is 1. The Hall–Kier alpha value is -0.770. The van der Waals surface area contributed by atoms with Crippen LogP contribution in [0.4, 0.5) is 0 Å². The van der Waals surface area contributed by atoms with E-state index in [-0.39, 0.29) is 11.9 Å². The Morgan fingerprint density at radius 1 is 1.50 bits per heavy atom. The van der Waals surface area contributed by atoms with E-state index < -0.39 is 0 Å². The molecule has 0 aliphatic carbocycles. The zero-order valence-corrected chi connectivity index (χ0v) is 12.0. The molecule has 1 aromatic carbocycles. The van der Waals surface area contributed by atoms with Gasteiger partial charge in [-0.2, -0.15) is 0 Å². The molecule has 0 fully saturated rings. The van der Waals surface area contributed by atoms with Gasteiger partial charge in [0.05, 0.1) is 12.6 Å². The number of alkyl halides is 1. The van der Waals surface area contributed by atoms with E-state index in [4.69, 9.17) is 27.9 Å². The number of rotatable bonds is 6. The summed E-state index contributed by atoms with van der Waals surface area (Å²) in [6.07, 6.45) is 0.674. The van der Waals surface area contributed by atoms with Gasteiger partial charge in [-0.15, -0.1) is 11.6 Å². The topological polar surface area (TPSA) is 38.3 Å². The first-order chi connectivity index (χ1) is 8.58. The maximum atomic E-state index is 12.1. The van der Waals surface area contributed by atoms with Crippen LogP contribution in [-0.2, 0) is 4.74 Å². The third kappa shape index (κ3) is 4.48. The highest BCUT2D eigenvalue weighted by Gasteiger charge is 2.14. The predicted molar refractivity (Wildman–Crippen MR) is 74.7 cm³/mol. The van der Waals surface area contributed by atoms with Crippen LogP contribution in [0.25, 0.3) is 0 Å². The summed E-state index contributed by atoms with van der Waals surface area (Å²) in [4.78, 5) is 12.1. The Morgan fingerprint density at radius 3 is 2.78 bits per heavy atom. The molecule has 100 valence electrons. The van der Waals surface area contributed by atoms with Gasteiger partial charge in [0.2, 0.25) is 0 Å². The lowest BCUT2D eigenvalue weighted by Crippen LogP contribution is -2.38. The molecule has 5 heteroatoms. The molecular formula is C13H17Cl2NO2. The van der Waals surface area contributed by atoms with Gasteiger partial charge >= 0.3 is 0 Å². The van der Waals surface area contributed by atoms with Crippen LogP contribution in [0.5, 0.6) is 0 Å². The van der Waals surface area contributed by atoms with E-state index in [2.05, 4.69) is 5.32 Å². The number of hydrogen-bond donors (Lipinski definition) is 1. The molecule has 0 radical (unpaired) electrons. The zero-order chi connectivity index (χ0) is 13.5. The number of ether oxygens (including phenoxy) is 1. The predicted octanol–water partition coefficient (Wildman–Crippen LogP) is 3.02. The van der Waals surface area contributed by atoms with E-state index >= 15 is 0 Å². The summed E-state index contributed by atoms with van der Waals surface area (Å²) in [7, 11) is 1.60. The van der Waals surface area contributed by atoms with E-state index in [9.17, 15) is 4.79 Å². The lowest BCUT2D eigenvalue weighted by Gasteiger charge is -2.17. The van der Waals surface area contributed by atoms with Crippen LogP contribution in [0.1, 0.15) is 22.3 Å². The average Bonchev–Trinajstić information content (AvgIpc) is 2.29. The molecule has 0 aliphatic rings. The van der Waals surface area contributed by atoms with Gasteiger partial charge in [0.1, 0.15) is 0 Å². The molecule has 1 unspecified atom stereocenters. The summed E-state index contributed by atoms with van der Waals surface area (Å²) in [6, 6.07) is 5.12. The fourth-order valence-corrected chi connectivity index (χ4v) is 2.17. The van der Waals surface area contributed by atoms with Crippen LogP contribution >= 0.6 is 23.2 Å². The average molecular weight is 290 g/mol. The normalized spacial score (nSPS) is 12.2. The number of hydrogen-bond acceptors (Lipinski definition) is 2. The number of carbonyl (C=O) groups is 1. The second-order valence-electron chi connectivity index (χ2n) is 4.06. The molecule has 1 atom stereocenters. The van der Waals surface area contributed by atoms with Crippen LogP contribution in [-0.4, -0.2) is 31.5 Å². The van der Waals surface area contributed by atoms with Crippen molar-refractivity contribution in [3.05, 3.63) is 34.3 Å². The van der Waals surface area contributed by atoms with Crippen molar-refractivity contribution in [2.24, 2.45) is 0 Å². The van der Waals surface area contributed by atoms with E-state index in [0.29, 0.717) is 29.5 Å². The third-order valence-electron chi connectivity index (χ3n) is 2.59. The first-order valence-corrected chi connectivity index (χ1v) is 6.61. The SMILES string of the molecule is COCC(CCCl)NC(=O)c1ccc(Cl)cc1C. The smallest absolute Gasteiger partial charge is 0.251 e. The minimum absolute atomic E-state index is 0.0740. The van der Waals surface area contributed by atoms with Gasteiger partial charge in [0, 0.05) is 23.6 Å². The first kappa shape index (κ1) is 15.3. The summed E-state index contributed by atoms with van der Waals surface area (Å²) in [6.45, 7) is 2.30. The number of halogens is 2. The van der Waals surface area contributed by atoms with Crippen molar-refractivity contribution < 1.29 is 9.53 Å². The minimum atomic E-state index is -0.128. The highest BCUT2D eigenvalue weighted by atomic mass is 35.5. The lowest BCUT2D eigenvalue weighted by molar-refractivity contribution is 0.0894. The molecule has 0 saturated carbocycles. The molecule has 1 amide bonds. The molecule has 0 bridgehead atoms. The highest BCUT2D eigenvalue weighted by Crippen LogP contribution is 2.15. The Balaban J connectivity index is 2.73. The van der Waals surface area contributed by atoms with Crippen LogP contribution < -0.4 is 5.32 Å². The summed E-state index contributed by atoms with van der Waals surface area (Å²) < 4.78 is 5.05. The van der Waals surface area contributed by atoms with Crippen LogP contribution in [0.15, 0.2) is 18.2 Å². The van der Waals surface area contributed by atoms with Gasteiger partial charge < -0.3 is 10.1 Å². The number of benzene rings is 1. The molecule has 1 aromatic rings. The third-order valence-corrected chi connectivity index (χ3v) is 3.05. The van der Waals surface area contributed by atoms with Crippen molar-refractivity contribution in [3.63, 3.8) is 0 Å². The summed E-state index contributed by atoms with van der Waals surface area (Å²) in [5.74, 6) is 0.352. The number of nitrogens with one attached hydrogen (secondary N) is 1. The van der Waals surface area contributed by atoms with Gasteiger partial charge in [-0.1, -0.05) is 11.6 Å². The van der Waals surface area contributed by atoms with Gasteiger partial charge in [0.25, 0.3) is 5.91 Å². The van der Waals surface area contributed by atoms with Crippen molar-refractivity contribution in [2.45, 2.75) is 19.4 Å². The highest BCUT2D eigenvalue weighted by molar-refractivity contribution is 6.30. The Morgan fingerprint density at radius 2 is 2.22 bits per heavy atom. The summed E-state index contributed by atoms with van der Waals surface area (Å²) in [5, 5.41) is 3.53. The number of aryl methyl sites for hydroxylation is 1. The second-order valence-corrected chi connectivity index (χ2v) is 4.88. The van der Waals surface area contributed by atoms with Crippen LogP contribution in [0.2, 0.25) is 5.02 Å². The molecule has 0 aromatic heterocycles. The fraction of sp³-hybridized carbons (Fsp3) is 0.462. The lowest BCUT2D eigenvalue weighted by atomic mass is 10.1. The molecule has 0 saturated heterocycles. The standard InChI is InChI=1S/C13H17Cl2NO2/c1-9-7-10(15)3-4-12(9)13(17)16-11(5-6-14)8-18-2/h3-4,7,11H,5-6,8H2,1-2H3,(H,16,17). The Kier molecular flexibility index (Phi) is 6.47. The van der Waals surface area contributed by atoms with Crippen molar-refractivity contribution in [3.8, 4) is 0 Å².